The number of benzene rings is 1. The number of hydrogen-bond acceptors (Lipinski definition) is 3. The van der Waals surface area contributed by atoms with E-state index in [1.54, 1.807) is 10.6 Å². The van der Waals surface area contributed by atoms with Crippen LogP contribution in [0, 0.1) is 0 Å². The van der Waals surface area contributed by atoms with Gasteiger partial charge in [0, 0.05) is 17.2 Å². The van der Waals surface area contributed by atoms with Gasteiger partial charge in [-0.1, -0.05) is 19.1 Å². The van der Waals surface area contributed by atoms with E-state index in [-0.39, 0.29) is 18.2 Å². The van der Waals surface area contributed by atoms with Gasteiger partial charge in [-0.05, 0) is 44.5 Å². The molecule has 1 aromatic carbocycles. The Morgan fingerprint density at radius 1 is 1.18 bits per heavy atom. The molecular weight excluding hydrogens is 278 g/mol. The minimum absolute atomic E-state index is 0.00627. The molecule has 1 aromatic heterocycles. The van der Waals surface area contributed by atoms with Crippen molar-refractivity contribution >= 4 is 0 Å². The highest BCUT2D eigenvalue weighted by atomic mass is 16.5. The van der Waals surface area contributed by atoms with Crippen molar-refractivity contribution in [3.63, 3.8) is 0 Å². The number of ether oxygens (including phenoxy) is 1. The lowest BCUT2D eigenvalue weighted by Crippen LogP contribution is -2.26. The lowest BCUT2D eigenvalue weighted by Gasteiger charge is -2.19. The second kappa shape index (κ2) is 7.27. The summed E-state index contributed by atoms with van der Waals surface area (Å²) in [5.41, 5.74) is 1.96. The van der Waals surface area contributed by atoms with Crippen molar-refractivity contribution in [2.24, 2.45) is 0 Å². The standard InChI is InChI=1S/C18H23NO3/c1-4-11-22-17-8-6-5-7-15(17)16-10-9-14(12-20)18(21)19(16)13(2)3/h5-10,13,20H,4,11-12H2,1-3H3. The van der Waals surface area contributed by atoms with E-state index in [4.69, 9.17) is 4.74 Å². The highest BCUT2D eigenvalue weighted by molar-refractivity contribution is 5.67. The Hall–Kier alpha value is -2.07. The van der Waals surface area contributed by atoms with E-state index in [1.165, 1.54) is 0 Å². The molecule has 0 amide bonds. The predicted octanol–water partition coefficient (Wildman–Crippen LogP) is 3.38. The molecule has 2 rings (SSSR count). The minimum atomic E-state index is -0.250. The summed E-state index contributed by atoms with van der Waals surface area (Å²) in [6, 6.07) is 11.3. The molecule has 0 saturated heterocycles. The summed E-state index contributed by atoms with van der Waals surface area (Å²) in [6.45, 7) is 6.36. The van der Waals surface area contributed by atoms with E-state index in [2.05, 4.69) is 6.92 Å². The summed E-state index contributed by atoms with van der Waals surface area (Å²) in [5, 5.41) is 9.32. The largest absolute Gasteiger partial charge is 0.493 e. The Labute approximate surface area is 131 Å². The maximum atomic E-state index is 12.5. The summed E-state index contributed by atoms with van der Waals surface area (Å²) in [6.07, 6.45) is 0.925. The van der Waals surface area contributed by atoms with Gasteiger partial charge in [0.1, 0.15) is 5.75 Å². The Balaban J connectivity index is 2.63. The van der Waals surface area contributed by atoms with Gasteiger partial charge in [-0.15, -0.1) is 0 Å². The molecular formula is C18H23NO3. The fourth-order valence-corrected chi connectivity index (χ4v) is 2.46. The zero-order valence-electron chi connectivity index (χ0n) is 13.4. The maximum absolute atomic E-state index is 12.5. The van der Waals surface area contributed by atoms with Crippen LogP contribution in [0.1, 0.15) is 38.8 Å². The molecule has 2 aromatic rings. The predicted molar refractivity (Wildman–Crippen MR) is 88.2 cm³/mol. The molecule has 0 saturated carbocycles. The van der Waals surface area contributed by atoms with Crippen LogP contribution in [-0.4, -0.2) is 16.3 Å². The van der Waals surface area contributed by atoms with Gasteiger partial charge in [-0.2, -0.15) is 0 Å². The highest BCUT2D eigenvalue weighted by Gasteiger charge is 2.15. The lowest BCUT2D eigenvalue weighted by atomic mass is 10.1. The van der Waals surface area contributed by atoms with Crippen LogP contribution in [0.5, 0.6) is 5.75 Å². The zero-order valence-corrected chi connectivity index (χ0v) is 13.4. The molecule has 0 unspecified atom stereocenters. The molecule has 0 fully saturated rings. The fourth-order valence-electron chi connectivity index (χ4n) is 2.46. The van der Waals surface area contributed by atoms with Gasteiger partial charge in [0.05, 0.1) is 18.9 Å². The quantitative estimate of drug-likeness (QED) is 0.890. The number of nitrogens with zero attached hydrogens (tertiary/aromatic N) is 1. The smallest absolute Gasteiger partial charge is 0.256 e. The van der Waals surface area contributed by atoms with Crippen LogP contribution >= 0.6 is 0 Å². The van der Waals surface area contributed by atoms with Crippen LogP contribution in [0.25, 0.3) is 11.3 Å². The molecule has 4 nitrogen and oxygen atoms in total. The van der Waals surface area contributed by atoms with Crippen molar-refractivity contribution in [3.8, 4) is 17.0 Å². The minimum Gasteiger partial charge on any atom is -0.493 e. The Morgan fingerprint density at radius 2 is 1.91 bits per heavy atom. The molecule has 0 aliphatic carbocycles. The van der Waals surface area contributed by atoms with Crippen molar-refractivity contribution in [3.05, 3.63) is 52.3 Å². The Morgan fingerprint density at radius 3 is 2.55 bits per heavy atom. The van der Waals surface area contributed by atoms with Crippen molar-refractivity contribution < 1.29 is 9.84 Å². The second-order valence-corrected chi connectivity index (χ2v) is 5.52. The highest BCUT2D eigenvalue weighted by Crippen LogP contribution is 2.30. The molecule has 0 spiro atoms. The maximum Gasteiger partial charge on any atom is 0.256 e. The Kier molecular flexibility index (Phi) is 5.39. The third-order valence-corrected chi connectivity index (χ3v) is 3.51. The molecule has 1 N–H and O–H groups in total. The molecule has 0 aliphatic heterocycles. The molecule has 118 valence electrons. The summed E-state index contributed by atoms with van der Waals surface area (Å²) < 4.78 is 7.52. The second-order valence-electron chi connectivity index (χ2n) is 5.52. The summed E-state index contributed by atoms with van der Waals surface area (Å²) in [4.78, 5) is 12.5. The van der Waals surface area contributed by atoms with Crippen molar-refractivity contribution in [1.29, 1.82) is 0 Å². The molecule has 22 heavy (non-hydrogen) atoms. The molecule has 0 bridgehead atoms. The van der Waals surface area contributed by atoms with Crippen LogP contribution in [-0.2, 0) is 6.61 Å². The van der Waals surface area contributed by atoms with Crippen molar-refractivity contribution in [1.82, 2.24) is 4.57 Å². The number of aromatic nitrogens is 1. The number of pyridine rings is 1. The number of aliphatic hydroxyl groups is 1. The van der Waals surface area contributed by atoms with Crippen LogP contribution in [0.3, 0.4) is 0 Å². The first-order chi connectivity index (χ1) is 10.6. The van der Waals surface area contributed by atoms with Gasteiger partial charge >= 0.3 is 0 Å². The van der Waals surface area contributed by atoms with Gasteiger partial charge in [-0.3, -0.25) is 4.79 Å². The monoisotopic (exact) mass is 301 g/mol. The topological polar surface area (TPSA) is 51.5 Å². The van der Waals surface area contributed by atoms with E-state index in [0.717, 1.165) is 23.4 Å². The van der Waals surface area contributed by atoms with E-state index in [0.29, 0.717) is 12.2 Å². The average molecular weight is 301 g/mol. The first kappa shape index (κ1) is 16.3. The molecule has 4 heteroatoms. The normalized spacial score (nSPS) is 11.0. The SMILES string of the molecule is CCCOc1ccccc1-c1ccc(CO)c(=O)n1C(C)C. The van der Waals surface area contributed by atoms with Gasteiger partial charge in [0.2, 0.25) is 0 Å². The average Bonchev–Trinajstić information content (AvgIpc) is 2.52. The first-order valence-corrected chi connectivity index (χ1v) is 7.67. The number of rotatable bonds is 6. The third-order valence-electron chi connectivity index (χ3n) is 3.51. The van der Waals surface area contributed by atoms with Crippen LogP contribution in [0.4, 0.5) is 0 Å². The Bertz CT molecular complexity index is 689. The number of hydrogen-bond donors (Lipinski definition) is 1. The van der Waals surface area contributed by atoms with Crippen molar-refractivity contribution in [2.45, 2.75) is 39.8 Å². The molecule has 0 atom stereocenters. The van der Waals surface area contributed by atoms with E-state index in [1.807, 2.05) is 44.2 Å². The van der Waals surface area contributed by atoms with Crippen LogP contribution < -0.4 is 10.3 Å². The molecule has 0 aliphatic rings. The van der Waals surface area contributed by atoms with E-state index in [9.17, 15) is 9.90 Å². The van der Waals surface area contributed by atoms with Crippen LogP contribution in [0.15, 0.2) is 41.2 Å². The van der Waals surface area contributed by atoms with E-state index >= 15 is 0 Å². The van der Waals surface area contributed by atoms with Gasteiger partial charge in [0.25, 0.3) is 5.56 Å². The molecule has 0 radical (unpaired) electrons. The van der Waals surface area contributed by atoms with Crippen molar-refractivity contribution in [2.75, 3.05) is 6.61 Å². The van der Waals surface area contributed by atoms with Gasteiger partial charge in [0.15, 0.2) is 0 Å². The van der Waals surface area contributed by atoms with E-state index < -0.39 is 0 Å². The summed E-state index contributed by atoms with van der Waals surface area (Å²) in [5.74, 6) is 0.773. The summed E-state index contributed by atoms with van der Waals surface area (Å²) >= 11 is 0. The third kappa shape index (κ3) is 3.22. The number of para-hydroxylation sites is 1. The lowest BCUT2D eigenvalue weighted by molar-refractivity contribution is 0.278. The summed E-state index contributed by atoms with van der Waals surface area (Å²) in [7, 11) is 0. The first-order valence-electron chi connectivity index (χ1n) is 7.67. The molecule has 1 heterocycles. The van der Waals surface area contributed by atoms with Crippen LogP contribution in [0.2, 0.25) is 0 Å². The fraction of sp³-hybridized carbons (Fsp3) is 0.389. The van der Waals surface area contributed by atoms with Gasteiger partial charge < -0.3 is 14.4 Å². The van der Waals surface area contributed by atoms with Gasteiger partial charge in [-0.25, -0.2) is 0 Å². The number of aliphatic hydroxyl groups excluding tert-OH is 1. The zero-order chi connectivity index (χ0) is 16.1.